The molecule has 0 bridgehead atoms. The monoisotopic (exact) mass is 337 g/mol. The Balaban J connectivity index is 1.81. The number of carbonyl (C=O) groups is 2. The number of aromatic nitrogens is 1. The molecule has 0 spiro atoms. The van der Waals surface area contributed by atoms with Crippen molar-refractivity contribution in [1.29, 1.82) is 0 Å². The molecule has 3 rings (SSSR count). The second-order valence-corrected chi connectivity index (χ2v) is 6.05. The van der Waals surface area contributed by atoms with E-state index in [9.17, 15) is 14.7 Å². The number of amides is 1. The first-order chi connectivity index (χ1) is 11.5. The predicted molar refractivity (Wildman–Crippen MR) is 91.0 cm³/mol. The van der Waals surface area contributed by atoms with E-state index in [0.717, 1.165) is 16.8 Å². The molecule has 0 aliphatic heterocycles. The number of hydrogen-bond acceptors (Lipinski definition) is 5. The summed E-state index contributed by atoms with van der Waals surface area (Å²) in [5, 5.41) is 16.0. The summed E-state index contributed by atoms with van der Waals surface area (Å²) < 4.78 is 0. The lowest BCUT2D eigenvalue weighted by molar-refractivity contribution is -0.255. The molecule has 1 amide bonds. The van der Waals surface area contributed by atoms with E-state index < -0.39 is 11.9 Å². The molecule has 0 aliphatic carbocycles. The van der Waals surface area contributed by atoms with Crippen LogP contribution in [0.25, 0.3) is 11.3 Å². The van der Waals surface area contributed by atoms with Gasteiger partial charge in [-0.2, -0.15) is 0 Å². The van der Waals surface area contributed by atoms with E-state index in [1.54, 1.807) is 12.1 Å². The van der Waals surface area contributed by atoms with Crippen LogP contribution in [0.4, 0.5) is 5.13 Å². The lowest BCUT2D eigenvalue weighted by Gasteiger charge is -2.09. The molecule has 1 heterocycles. The molecule has 0 radical (unpaired) electrons. The second kappa shape index (κ2) is 6.64. The Bertz CT molecular complexity index is 901. The van der Waals surface area contributed by atoms with E-state index in [0.29, 0.717) is 5.13 Å². The van der Waals surface area contributed by atoms with Gasteiger partial charge in [-0.05, 0) is 13.0 Å². The zero-order valence-electron chi connectivity index (χ0n) is 12.8. The number of nitrogens with one attached hydrogen (secondary N) is 1. The molecule has 1 N–H and O–H groups in total. The van der Waals surface area contributed by atoms with Crippen molar-refractivity contribution >= 4 is 28.3 Å². The van der Waals surface area contributed by atoms with Gasteiger partial charge in [-0.15, -0.1) is 11.3 Å². The highest BCUT2D eigenvalue weighted by molar-refractivity contribution is 7.14. The Morgan fingerprint density at radius 3 is 2.38 bits per heavy atom. The molecule has 6 heteroatoms. The van der Waals surface area contributed by atoms with Crippen molar-refractivity contribution in [2.45, 2.75) is 6.92 Å². The number of rotatable bonds is 4. The van der Waals surface area contributed by atoms with Gasteiger partial charge in [0.15, 0.2) is 5.13 Å². The van der Waals surface area contributed by atoms with E-state index in [1.165, 1.54) is 23.5 Å². The summed E-state index contributed by atoms with van der Waals surface area (Å²) in [7, 11) is 0. The van der Waals surface area contributed by atoms with Crippen molar-refractivity contribution in [2.75, 3.05) is 5.32 Å². The van der Waals surface area contributed by atoms with Gasteiger partial charge in [0.1, 0.15) is 0 Å². The lowest BCUT2D eigenvalue weighted by Crippen LogP contribution is -2.26. The first-order valence-corrected chi connectivity index (χ1v) is 8.07. The minimum Gasteiger partial charge on any atom is -0.545 e. The summed E-state index contributed by atoms with van der Waals surface area (Å²) in [6.07, 6.45) is 0. The average molecular weight is 337 g/mol. The number of carboxylic acids is 1. The maximum atomic E-state index is 12.3. The number of aryl methyl sites for hydroxylation is 1. The van der Waals surface area contributed by atoms with Crippen LogP contribution < -0.4 is 10.4 Å². The third-order valence-electron chi connectivity index (χ3n) is 3.46. The highest BCUT2D eigenvalue weighted by Crippen LogP contribution is 2.25. The van der Waals surface area contributed by atoms with Crippen LogP contribution in [0, 0.1) is 6.92 Å². The van der Waals surface area contributed by atoms with Crippen molar-refractivity contribution in [3.63, 3.8) is 0 Å². The van der Waals surface area contributed by atoms with Gasteiger partial charge in [0.2, 0.25) is 0 Å². The molecule has 0 saturated heterocycles. The summed E-state index contributed by atoms with van der Waals surface area (Å²) in [5.74, 6) is -1.92. The molecule has 120 valence electrons. The molecule has 0 fully saturated rings. The lowest BCUT2D eigenvalue weighted by atomic mass is 10.1. The van der Waals surface area contributed by atoms with E-state index in [2.05, 4.69) is 10.3 Å². The molecule has 5 nitrogen and oxygen atoms in total. The number of nitrogens with zero attached hydrogens (tertiary/aromatic N) is 1. The zero-order valence-corrected chi connectivity index (χ0v) is 13.6. The van der Waals surface area contributed by atoms with Crippen LogP contribution in [0.5, 0.6) is 0 Å². The van der Waals surface area contributed by atoms with Crippen LogP contribution in [0.15, 0.2) is 53.9 Å². The Morgan fingerprint density at radius 1 is 1.04 bits per heavy atom. The fourth-order valence-corrected chi connectivity index (χ4v) is 2.93. The Kier molecular flexibility index (Phi) is 4.39. The van der Waals surface area contributed by atoms with Crippen LogP contribution in [0.1, 0.15) is 26.3 Å². The summed E-state index contributed by atoms with van der Waals surface area (Å²) in [5.41, 5.74) is 2.76. The fourth-order valence-electron chi connectivity index (χ4n) is 2.21. The van der Waals surface area contributed by atoms with Crippen molar-refractivity contribution in [3.8, 4) is 11.3 Å². The summed E-state index contributed by atoms with van der Waals surface area (Å²) >= 11 is 1.28. The SMILES string of the molecule is Cc1ccc(-c2csc(NC(=O)c3ccccc3C(=O)[O-])n2)cc1. The van der Waals surface area contributed by atoms with E-state index in [1.807, 2.05) is 36.6 Å². The number of aromatic carboxylic acids is 1. The Labute approximate surface area is 142 Å². The molecule has 0 atom stereocenters. The van der Waals surface area contributed by atoms with Crippen molar-refractivity contribution in [3.05, 3.63) is 70.6 Å². The summed E-state index contributed by atoms with van der Waals surface area (Å²) in [4.78, 5) is 27.8. The fraction of sp³-hybridized carbons (Fsp3) is 0.0556. The van der Waals surface area contributed by atoms with E-state index in [-0.39, 0.29) is 11.1 Å². The standard InChI is InChI=1S/C18H14N2O3S/c1-11-6-8-12(9-7-11)15-10-24-18(19-15)20-16(21)13-4-2-3-5-14(13)17(22)23/h2-10H,1H3,(H,22,23)(H,19,20,21)/p-1. The number of anilines is 1. The van der Waals surface area contributed by atoms with Crippen molar-refractivity contribution in [1.82, 2.24) is 4.98 Å². The first-order valence-electron chi connectivity index (χ1n) is 7.19. The highest BCUT2D eigenvalue weighted by Gasteiger charge is 2.14. The van der Waals surface area contributed by atoms with Crippen LogP contribution in [-0.2, 0) is 0 Å². The van der Waals surface area contributed by atoms with Gasteiger partial charge in [-0.25, -0.2) is 4.98 Å². The number of benzene rings is 2. The topological polar surface area (TPSA) is 82.1 Å². The molecule has 0 aliphatic rings. The molecular formula is C18H13N2O3S-. The van der Waals surface area contributed by atoms with Crippen LogP contribution in [0.2, 0.25) is 0 Å². The van der Waals surface area contributed by atoms with Gasteiger partial charge in [0.05, 0.1) is 11.7 Å². The molecule has 1 aromatic heterocycles. The van der Waals surface area contributed by atoms with Crippen LogP contribution >= 0.6 is 11.3 Å². The minimum absolute atomic E-state index is 0.0459. The van der Waals surface area contributed by atoms with Gasteiger partial charge in [0, 0.05) is 22.1 Å². The number of carbonyl (C=O) groups excluding carboxylic acids is 2. The smallest absolute Gasteiger partial charge is 0.258 e. The summed E-state index contributed by atoms with van der Waals surface area (Å²) in [6.45, 7) is 2.01. The van der Waals surface area contributed by atoms with Gasteiger partial charge in [0.25, 0.3) is 5.91 Å². The largest absolute Gasteiger partial charge is 0.545 e. The molecule has 2 aromatic carbocycles. The molecule has 3 aromatic rings. The third-order valence-corrected chi connectivity index (χ3v) is 4.22. The minimum atomic E-state index is -1.39. The van der Waals surface area contributed by atoms with Crippen molar-refractivity contribution in [2.24, 2.45) is 0 Å². The second-order valence-electron chi connectivity index (χ2n) is 5.19. The highest BCUT2D eigenvalue weighted by atomic mass is 32.1. The number of carboxylic acid groups (broad SMARTS) is 1. The van der Waals surface area contributed by atoms with Crippen molar-refractivity contribution < 1.29 is 14.7 Å². The van der Waals surface area contributed by atoms with E-state index >= 15 is 0 Å². The quantitative estimate of drug-likeness (QED) is 0.793. The molecule has 0 unspecified atom stereocenters. The van der Waals surface area contributed by atoms with E-state index in [4.69, 9.17) is 0 Å². The molecule has 24 heavy (non-hydrogen) atoms. The van der Waals surface area contributed by atoms with Crippen LogP contribution in [0.3, 0.4) is 0 Å². The Morgan fingerprint density at radius 2 is 1.71 bits per heavy atom. The maximum absolute atomic E-state index is 12.3. The molecule has 0 saturated carbocycles. The van der Waals surface area contributed by atoms with Gasteiger partial charge in [-0.3, -0.25) is 10.1 Å². The predicted octanol–water partition coefficient (Wildman–Crippen LogP) is 2.73. The maximum Gasteiger partial charge on any atom is 0.258 e. The first kappa shape index (κ1) is 15.9. The zero-order chi connectivity index (χ0) is 17.1. The third kappa shape index (κ3) is 3.33. The van der Waals surface area contributed by atoms with Crippen LogP contribution in [-0.4, -0.2) is 16.9 Å². The number of thiazole rings is 1. The molecular weight excluding hydrogens is 324 g/mol. The van der Waals surface area contributed by atoms with Gasteiger partial charge >= 0.3 is 0 Å². The summed E-state index contributed by atoms with van der Waals surface area (Å²) in [6, 6.07) is 13.8. The number of hydrogen-bond donors (Lipinski definition) is 1. The Hall–Kier alpha value is -2.99. The normalized spacial score (nSPS) is 10.4. The van der Waals surface area contributed by atoms with Gasteiger partial charge < -0.3 is 9.90 Å². The van der Waals surface area contributed by atoms with Gasteiger partial charge in [-0.1, -0.05) is 48.0 Å². The average Bonchev–Trinajstić information content (AvgIpc) is 3.04.